The molecular weight excluding hydrogens is 200 g/mol. The van der Waals surface area contributed by atoms with Crippen LogP contribution >= 0.6 is 0 Å². The zero-order chi connectivity index (χ0) is 11.6. The van der Waals surface area contributed by atoms with E-state index in [0.717, 1.165) is 32.5 Å². The van der Waals surface area contributed by atoms with E-state index in [1.54, 1.807) is 0 Å². The molecule has 2 N–H and O–H groups in total. The standard InChI is InChI=1S/C13H24N2O/c1-2-15-9-7-13(12-15)11-14-8-5-3-4-6-10-16/h7,9,12,14,16H,2-6,8,10-11H2,1H3. The van der Waals surface area contributed by atoms with E-state index in [-0.39, 0.29) is 0 Å². The highest BCUT2D eigenvalue weighted by molar-refractivity contribution is 5.09. The highest BCUT2D eigenvalue weighted by atomic mass is 16.2. The molecule has 0 aliphatic heterocycles. The molecule has 1 rings (SSSR count). The maximum atomic E-state index is 8.63. The molecule has 0 amide bonds. The molecule has 0 radical (unpaired) electrons. The van der Waals surface area contributed by atoms with Crippen LogP contribution in [0.25, 0.3) is 0 Å². The lowest BCUT2D eigenvalue weighted by Gasteiger charge is -2.03. The summed E-state index contributed by atoms with van der Waals surface area (Å²) < 4.78 is 2.19. The number of aliphatic hydroxyl groups is 1. The number of aromatic nitrogens is 1. The highest BCUT2D eigenvalue weighted by Crippen LogP contribution is 2.01. The van der Waals surface area contributed by atoms with E-state index in [9.17, 15) is 0 Å². The molecule has 1 heterocycles. The summed E-state index contributed by atoms with van der Waals surface area (Å²) in [6.45, 7) is 5.56. The van der Waals surface area contributed by atoms with Crippen LogP contribution in [0.15, 0.2) is 18.5 Å². The number of aryl methyl sites for hydroxylation is 1. The Kier molecular flexibility index (Phi) is 6.93. The van der Waals surface area contributed by atoms with Crippen molar-refractivity contribution in [3.8, 4) is 0 Å². The second kappa shape index (κ2) is 8.36. The van der Waals surface area contributed by atoms with Gasteiger partial charge in [0.15, 0.2) is 0 Å². The van der Waals surface area contributed by atoms with E-state index >= 15 is 0 Å². The van der Waals surface area contributed by atoms with Crippen molar-refractivity contribution in [2.75, 3.05) is 13.2 Å². The first kappa shape index (κ1) is 13.3. The van der Waals surface area contributed by atoms with Gasteiger partial charge in [0.25, 0.3) is 0 Å². The number of nitrogens with zero attached hydrogens (tertiary/aromatic N) is 1. The Morgan fingerprint density at radius 2 is 2.06 bits per heavy atom. The quantitative estimate of drug-likeness (QED) is 0.631. The van der Waals surface area contributed by atoms with Crippen LogP contribution in [0.1, 0.15) is 38.2 Å². The first-order chi connectivity index (χ1) is 7.86. The van der Waals surface area contributed by atoms with Crippen LogP contribution in [0.4, 0.5) is 0 Å². The van der Waals surface area contributed by atoms with Crippen LogP contribution < -0.4 is 5.32 Å². The number of rotatable bonds is 9. The van der Waals surface area contributed by atoms with Crippen molar-refractivity contribution in [3.05, 3.63) is 24.0 Å². The minimum atomic E-state index is 0.331. The van der Waals surface area contributed by atoms with Gasteiger partial charge in [-0.05, 0) is 37.9 Å². The third-order valence-electron chi connectivity index (χ3n) is 2.77. The van der Waals surface area contributed by atoms with Gasteiger partial charge in [-0.25, -0.2) is 0 Å². The predicted molar refractivity (Wildman–Crippen MR) is 67.4 cm³/mol. The summed E-state index contributed by atoms with van der Waals surface area (Å²) in [5, 5.41) is 12.1. The molecule has 3 heteroatoms. The minimum Gasteiger partial charge on any atom is -0.396 e. The summed E-state index contributed by atoms with van der Waals surface area (Å²) >= 11 is 0. The summed E-state index contributed by atoms with van der Waals surface area (Å²) in [4.78, 5) is 0. The number of hydrogen-bond donors (Lipinski definition) is 2. The van der Waals surface area contributed by atoms with Crippen molar-refractivity contribution in [2.24, 2.45) is 0 Å². The first-order valence-electron chi connectivity index (χ1n) is 6.33. The molecular formula is C13H24N2O. The lowest BCUT2D eigenvalue weighted by Crippen LogP contribution is -2.14. The van der Waals surface area contributed by atoms with Crippen molar-refractivity contribution in [1.29, 1.82) is 0 Å². The first-order valence-corrected chi connectivity index (χ1v) is 6.33. The molecule has 0 fully saturated rings. The monoisotopic (exact) mass is 224 g/mol. The van der Waals surface area contributed by atoms with Crippen molar-refractivity contribution >= 4 is 0 Å². The van der Waals surface area contributed by atoms with Crippen LogP contribution in [0.5, 0.6) is 0 Å². The third kappa shape index (κ3) is 5.33. The highest BCUT2D eigenvalue weighted by Gasteiger charge is 1.95. The van der Waals surface area contributed by atoms with Crippen LogP contribution in [0, 0.1) is 0 Å². The molecule has 0 atom stereocenters. The SMILES string of the molecule is CCn1ccc(CNCCCCCCO)c1. The lowest BCUT2D eigenvalue weighted by atomic mass is 10.2. The van der Waals surface area contributed by atoms with E-state index in [1.165, 1.54) is 18.4 Å². The van der Waals surface area contributed by atoms with Crippen molar-refractivity contribution < 1.29 is 5.11 Å². The Morgan fingerprint density at radius 3 is 2.75 bits per heavy atom. The number of unbranched alkanes of at least 4 members (excludes halogenated alkanes) is 3. The van der Waals surface area contributed by atoms with Crippen LogP contribution in [-0.4, -0.2) is 22.8 Å². The molecule has 0 aliphatic rings. The van der Waals surface area contributed by atoms with Gasteiger partial charge in [0.2, 0.25) is 0 Å². The maximum Gasteiger partial charge on any atom is 0.0431 e. The smallest absolute Gasteiger partial charge is 0.0431 e. The average molecular weight is 224 g/mol. The third-order valence-corrected chi connectivity index (χ3v) is 2.77. The Balaban J connectivity index is 1.98. The van der Waals surface area contributed by atoms with Crippen molar-refractivity contribution in [2.45, 2.75) is 45.7 Å². The number of hydrogen-bond acceptors (Lipinski definition) is 2. The molecule has 0 aromatic carbocycles. The zero-order valence-corrected chi connectivity index (χ0v) is 10.3. The summed E-state index contributed by atoms with van der Waals surface area (Å²) in [5.41, 5.74) is 1.36. The van der Waals surface area contributed by atoms with Gasteiger partial charge in [-0.1, -0.05) is 12.8 Å². The molecule has 1 aromatic heterocycles. The van der Waals surface area contributed by atoms with E-state index < -0.39 is 0 Å². The number of aliphatic hydroxyl groups excluding tert-OH is 1. The lowest BCUT2D eigenvalue weighted by molar-refractivity contribution is 0.282. The Labute approximate surface area is 98.5 Å². The van der Waals surface area contributed by atoms with Gasteiger partial charge in [0.05, 0.1) is 0 Å². The average Bonchev–Trinajstić information content (AvgIpc) is 2.76. The topological polar surface area (TPSA) is 37.2 Å². The van der Waals surface area contributed by atoms with E-state index in [4.69, 9.17) is 5.11 Å². The summed E-state index contributed by atoms with van der Waals surface area (Å²) in [6, 6.07) is 2.17. The van der Waals surface area contributed by atoms with Gasteiger partial charge < -0.3 is 15.0 Å². The fraction of sp³-hybridized carbons (Fsp3) is 0.692. The summed E-state index contributed by atoms with van der Waals surface area (Å²) in [7, 11) is 0. The normalized spacial score (nSPS) is 10.9. The summed E-state index contributed by atoms with van der Waals surface area (Å²) in [6.07, 6.45) is 8.82. The van der Waals surface area contributed by atoms with Crippen LogP contribution in [0.2, 0.25) is 0 Å². The Bertz CT molecular complexity index is 271. The summed E-state index contributed by atoms with van der Waals surface area (Å²) in [5.74, 6) is 0. The van der Waals surface area contributed by atoms with Crippen LogP contribution in [0.3, 0.4) is 0 Å². The van der Waals surface area contributed by atoms with Gasteiger partial charge in [-0.2, -0.15) is 0 Å². The molecule has 16 heavy (non-hydrogen) atoms. The zero-order valence-electron chi connectivity index (χ0n) is 10.3. The number of nitrogens with one attached hydrogen (secondary N) is 1. The molecule has 1 aromatic rings. The molecule has 0 saturated heterocycles. The molecule has 0 bridgehead atoms. The predicted octanol–water partition coefficient (Wildman–Crippen LogP) is 2.15. The fourth-order valence-corrected chi connectivity index (χ4v) is 1.74. The van der Waals surface area contributed by atoms with Crippen molar-refractivity contribution in [1.82, 2.24) is 9.88 Å². The molecule has 0 saturated carbocycles. The second-order valence-corrected chi connectivity index (χ2v) is 4.16. The van der Waals surface area contributed by atoms with Crippen molar-refractivity contribution in [3.63, 3.8) is 0 Å². The maximum absolute atomic E-state index is 8.63. The van der Waals surface area contributed by atoms with Gasteiger partial charge in [0, 0.05) is 32.1 Å². The van der Waals surface area contributed by atoms with E-state index in [1.807, 2.05) is 0 Å². The molecule has 3 nitrogen and oxygen atoms in total. The largest absolute Gasteiger partial charge is 0.396 e. The fourth-order valence-electron chi connectivity index (χ4n) is 1.74. The van der Waals surface area contributed by atoms with Gasteiger partial charge in [-0.3, -0.25) is 0 Å². The Hall–Kier alpha value is -0.800. The molecule has 0 spiro atoms. The van der Waals surface area contributed by atoms with E-state index in [0.29, 0.717) is 6.61 Å². The molecule has 0 unspecified atom stereocenters. The van der Waals surface area contributed by atoms with Gasteiger partial charge in [0.1, 0.15) is 0 Å². The van der Waals surface area contributed by atoms with Crippen LogP contribution in [-0.2, 0) is 13.1 Å². The van der Waals surface area contributed by atoms with Gasteiger partial charge >= 0.3 is 0 Å². The second-order valence-electron chi connectivity index (χ2n) is 4.16. The molecule has 0 aliphatic carbocycles. The van der Waals surface area contributed by atoms with Gasteiger partial charge in [-0.15, -0.1) is 0 Å². The molecule has 92 valence electrons. The van der Waals surface area contributed by atoms with E-state index in [2.05, 4.69) is 35.3 Å². The Morgan fingerprint density at radius 1 is 1.25 bits per heavy atom. The minimum absolute atomic E-state index is 0.331.